The molecular formula is C14H15N3O2S2. The topological polar surface area (TPSA) is 63.5 Å². The van der Waals surface area contributed by atoms with Gasteiger partial charge in [0.2, 0.25) is 0 Å². The first-order valence-electron chi connectivity index (χ1n) is 6.43. The summed E-state index contributed by atoms with van der Waals surface area (Å²) < 4.78 is 24.8. The minimum absolute atomic E-state index is 0.348. The van der Waals surface area contributed by atoms with E-state index in [0.29, 0.717) is 18.0 Å². The van der Waals surface area contributed by atoms with Crippen LogP contribution in [0, 0.1) is 0 Å². The quantitative estimate of drug-likeness (QED) is 0.781. The van der Waals surface area contributed by atoms with Gasteiger partial charge in [-0.1, -0.05) is 12.1 Å². The standard InChI is InChI=1S/C14H15N3O2S2/c1-21(18,19)13-4-2-11(3-5-13)8-15-9-12-10-17-6-7-20-14(17)16-12/h2-7,10,15H,8-9H2,1H3. The van der Waals surface area contributed by atoms with Crippen molar-refractivity contribution in [2.24, 2.45) is 0 Å². The Kier molecular flexibility index (Phi) is 3.79. The molecule has 5 nitrogen and oxygen atoms in total. The van der Waals surface area contributed by atoms with Crippen LogP contribution in [-0.4, -0.2) is 24.1 Å². The van der Waals surface area contributed by atoms with Crippen LogP contribution in [0.3, 0.4) is 0 Å². The minimum Gasteiger partial charge on any atom is -0.307 e. The van der Waals surface area contributed by atoms with Crippen LogP contribution in [0.4, 0.5) is 0 Å². The van der Waals surface area contributed by atoms with Gasteiger partial charge in [0, 0.05) is 37.1 Å². The molecule has 0 spiro atoms. The van der Waals surface area contributed by atoms with Gasteiger partial charge >= 0.3 is 0 Å². The molecular weight excluding hydrogens is 306 g/mol. The van der Waals surface area contributed by atoms with Crippen molar-refractivity contribution in [1.82, 2.24) is 14.7 Å². The number of nitrogens with zero attached hydrogens (tertiary/aromatic N) is 2. The van der Waals surface area contributed by atoms with Gasteiger partial charge in [-0.05, 0) is 17.7 Å². The van der Waals surface area contributed by atoms with E-state index in [4.69, 9.17) is 0 Å². The van der Waals surface area contributed by atoms with Crippen LogP contribution in [0.1, 0.15) is 11.3 Å². The Labute approximate surface area is 127 Å². The molecule has 0 aliphatic rings. The van der Waals surface area contributed by atoms with E-state index in [1.165, 1.54) is 6.26 Å². The first kappa shape index (κ1) is 14.2. The van der Waals surface area contributed by atoms with Gasteiger partial charge in [-0.3, -0.25) is 4.40 Å². The smallest absolute Gasteiger partial charge is 0.193 e. The molecule has 1 aromatic carbocycles. The van der Waals surface area contributed by atoms with Gasteiger partial charge in [-0.25, -0.2) is 13.4 Å². The van der Waals surface area contributed by atoms with Crippen molar-refractivity contribution in [3.63, 3.8) is 0 Å². The lowest BCUT2D eigenvalue weighted by molar-refractivity contribution is 0.602. The third-order valence-electron chi connectivity index (χ3n) is 3.13. The second-order valence-corrected chi connectivity index (χ2v) is 7.73. The third kappa shape index (κ3) is 3.31. The number of imidazole rings is 1. The van der Waals surface area contributed by atoms with Crippen LogP contribution < -0.4 is 5.32 Å². The Morgan fingerprint density at radius 2 is 2.00 bits per heavy atom. The van der Waals surface area contributed by atoms with Crippen LogP contribution in [0.15, 0.2) is 46.9 Å². The Morgan fingerprint density at radius 3 is 2.67 bits per heavy atom. The second kappa shape index (κ2) is 5.59. The summed E-state index contributed by atoms with van der Waals surface area (Å²) in [6.07, 6.45) is 5.21. The molecule has 2 heterocycles. The summed E-state index contributed by atoms with van der Waals surface area (Å²) >= 11 is 1.61. The maximum atomic E-state index is 11.4. The molecule has 2 aromatic heterocycles. The van der Waals surface area contributed by atoms with Gasteiger partial charge in [0.1, 0.15) is 0 Å². The van der Waals surface area contributed by atoms with E-state index in [0.717, 1.165) is 16.2 Å². The first-order valence-corrected chi connectivity index (χ1v) is 9.20. The molecule has 110 valence electrons. The van der Waals surface area contributed by atoms with Crippen LogP contribution in [0.5, 0.6) is 0 Å². The highest BCUT2D eigenvalue weighted by Gasteiger charge is 2.06. The lowest BCUT2D eigenvalue weighted by atomic mass is 10.2. The highest BCUT2D eigenvalue weighted by molar-refractivity contribution is 7.90. The van der Waals surface area contributed by atoms with E-state index >= 15 is 0 Å². The predicted molar refractivity (Wildman–Crippen MR) is 83.2 cm³/mol. The highest BCUT2D eigenvalue weighted by Crippen LogP contribution is 2.12. The zero-order chi connectivity index (χ0) is 14.9. The largest absolute Gasteiger partial charge is 0.307 e. The summed E-state index contributed by atoms with van der Waals surface area (Å²) in [5, 5.41) is 5.31. The molecule has 0 fully saturated rings. The molecule has 0 saturated heterocycles. The molecule has 0 atom stereocenters. The molecule has 0 amide bonds. The van der Waals surface area contributed by atoms with Crippen molar-refractivity contribution in [3.8, 4) is 0 Å². The Bertz CT molecular complexity index is 819. The van der Waals surface area contributed by atoms with E-state index in [1.54, 1.807) is 23.5 Å². The zero-order valence-electron chi connectivity index (χ0n) is 11.5. The van der Waals surface area contributed by atoms with E-state index in [9.17, 15) is 8.42 Å². The number of nitrogens with one attached hydrogen (secondary N) is 1. The lowest BCUT2D eigenvalue weighted by Gasteiger charge is -2.04. The molecule has 0 bridgehead atoms. The van der Waals surface area contributed by atoms with Crippen molar-refractivity contribution in [2.45, 2.75) is 18.0 Å². The number of fused-ring (bicyclic) bond motifs is 1. The van der Waals surface area contributed by atoms with Crippen molar-refractivity contribution >= 4 is 26.1 Å². The molecule has 1 N–H and O–H groups in total. The summed E-state index contributed by atoms with van der Waals surface area (Å²) in [6, 6.07) is 6.93. The summed E-state index contributed by atoms with van der Waals surface area (Å²) in [5.41, 5.74) is 2.04. The fraction of sp³-hybridized carbons (Fsp3) is 0.214. The third-order valence-corrected chi connectivity index (χ3v) is 5.03. The van der Waals surface area contributed by atoms with Crippen LogP contribution >= 0.6 is 11.3 Å². The van der Waals surface area contributed by atoms with Gasteiger partial charge in [-0.2, -0.15) is 0 Å². The Balaban J connectivity index is 1.59. The van der Waals surface area contributed by atoms with Crippen molar-refractivity contribution in [2.75, 3.05) is 6.26 Å². The van der Waals surface area contributed by atoms with Gasteiger partial charge in [0.05, 0.1) is 10.6 Å². The predicted octanol–water partition coefficient (Wildman–Crippen LogP) is 2.09. The van der Waals surface area contributed by atoms with Gasteiger partial charge in [0.15, 0.2) is 14.8 Å². The fourth-order valence-electron chi connectivity index (χ4n) is 2.05. The lowest BCUT2D eigenvalue weighted by Crippen LogP contribution is -2.13. The molecule has 0 aliphatic carbocycles. The number of benzene rings is 1. The number of hydrogen-bond acceptors (Lipinski definition) is 5. The van der Waals surface area contributed by atoms with E-state index < -0.39 is 9.84 Å². The van der Waals surface area contributed by atoms with Crippen LogP contribution in [0.2, 0.25) is 0 Å². The Morgan fingerprint density at radius 1 is 1.24 bits per heavy atom. The molecule has 3 rings (SSSR count). The summed E-state index contributed by atoms with van der Waals surface area (Å²) in [5.74, 6) is 0. The average Bonchev–Trinajstić information content (AvgIpc) is 2.99. The molecule has 3 aromatic rings. The molecule has 7 heteroatoms. The second-order valence-electron chi connectivity index (χ2n) is 4.84. The molecule has 0 radical (unpaired) electrons. The molecule has 0 aliphatic heterocycles. The summed E-state index contributed by atoms with van der Waals surface area (Å²) in [4.78, 5) is 5.83. The molecule has 21 heavy (non-hydrogen) atoms. The maximum absolute atomic E-state index is 11.4. The number of thiazole rings is 1. The van der Waals surface area contributed by atoms with Crippen molar-refractivity contribution in [1.29, 1.82) is 0 Å². The van der Waals surface area contributed by atoms with E-state index in [2.05, 4.69) is 10.3 Å². The van der Waals surface area contributed by atoms with Crippen molar-refractivity contribution in [3.05, 3.63) is 53.3 Å². The average molecular weight is 321 g/mol. The fourth-order valence-corrected chi connectivity index (χ4v) is 3.40. The number of sulfone groups is 1. The van der Waals surface area contributed by atoms with Crippen LogP contribution in [-0.2, 0) is 22.9 Å². The summed E-state index contributed by atoms with van der Waals surface area (Å²) in [7, 11) is -3.12. The highest BCUT2D eigenvalue weighted by atomic mass is 32.2. The molecule has 0 unspecified atom stereocenters. The maximum Gasteiger partial charge on any atom is 0.193 e. The minimum atomic E-state index is -3.12. The Hall–Kier alpha value is -1.70. The summed E-state index contributed by atoms with van der Waals surface area (Å²) in [6.45, 7) is 1.36. The zero-order valence-corrected chi connectivity index (χ0v) is 13.1. The van der Waals surface area contributed by atoms with E-state index in [1.807, 2.05) is 34.3 Å². The van der Waals surface area contributed by atoms with Gasteiger partial charge < -0.3 is 5.32 Å². The van der Waals surface area contributed by atoms with Crippen LogP contribution in [0.25, 0.3) is 4.96 Å². The first-order chi connectivity index (χ1) is 10.0. The number of rotatable bonds is 5. The van der Waals surface area contributed by atoms with Gasteiger partial charge in [-0.15, -0.1) is 11.3 Å². The normalized spacial score (nSPS) is 12.0. The number of aromatic nitrogens is 2. The number of hydrogen-bond donors (Lipinski definition) is 1. The monoisotopic (exact) mass is 321 g/mol. The van der Waals surface area contributed by atoms with Gasteiger partial charge in [0.25, 0.3) is 0 Å². The SMILES string of the molecule is CS(=O)(=O)c1ccc(CNCc2cn3ccsc3n2)cc1. The molecule has 0 saturated carbocycles. The van der Waals surface area contributed by atoms with E-state index in [-0.39, 0.29) is 0 Å². The van der Waals surface area contributed by atoms with Crippen molar-refractivity contribution < 1.29 is 8.42 Å².